The fraction of sp³-hybridized carbons (Fsp3) is 1.00. The molecule has 0 aliphatic carbocycles. The highest BCUT2D eigenvalue weighted by atomic mass is 32.2. The third-order valence-electron chi connectivity index (χ3n) is 2.68. The van der Waals surface area contributed by atoms with Crippen molar-refractivity contribution < 1.29 is 21.6 Å². The van der Waals surface area contributed by atoms with Gasteiger partial charge in [-0.3, -0.25) is 0 Å². The molecule has 1 aliphatic rings. The molecule has 1 N–H and O–H groups in total. The summed E-state index contributed by atoms with van der Waals surface area (Å²) in [7, 11) is -4.55. The third kappa shape index (κ3) is 5.80. The van der Waals surface area contributed by atoms with Crippen LogP contribution in [0.25, 0.3) is 0 Å². The third-order valence-corrected chi connectivity index (χ3v) is 6.06. The molecule has 17 heavy (non-hydrogen) atoms. The first-order valence-corrected chi connectivity index (χ1v) is 9.12. The zero-order chi connectivity index (χ0) is 12.9. The van der Waals surface area contributed by atoms with Gasteiger partial charge in [-0.1, -0.05) is 0 Å². The summed E-state index contributed by atoms with van der Waals surface area (Å²) in [6, 6.07) is -0.0994. The van der Waals surface area contributed by atoms with E-state index in [0.717, 1.165) is 0 Å². The van der Waals surface area contributed by atoms with Crippen molar-refractivity contribution in [1.82, 2.24) is 5.32 Å². The molecular formula is C9H19NO5S2. The van der Waals surface area contributed by atoms with E-state index >= 15 is 0 Å². The molecule has 0 bridgehead atoms. The van der Waals surface area contributed by atoms with Gasteiger partial charge in [0.15, 0.2) is 19.7 Å². The van der Waals surface area contributed by atoms with Crippen LogP contribution >= 0.6 is 0 Å². The van der Waals surface area contributed by atoms with Crippen LogP contribution in [0.3, 0.4) is 0 Å². The van der Waals surface area contributed by atoms with Gasteiger partial charge < -0.3 is 10.1 Å². The van der Waals surface area contributed by atoms with E-state index in [1.165, 1.54) is 7.11 Å². The number of rotatable bonds is 7. The molecule has 0 saturated carbocycles. The van der Waals surface area contributed by atoms with Gasteiger partial charge in [0.1, 0.15) is 0 Å². The number of hydrogen-bond donors (Lipinski definition) is 1. The van der Waals surface area contributed by atoms with E-state index in [9.17, 15) is 16.8 Å². The van der Waals surface area contributed by atoms with E-state index < -0.39 is 19.7 Å². The van der Waals surface area contributed by atoms with Gasteiger partial charge in [0.05, 0.1) is 29.6 Å². The highest BCUT2D eigenvalue weighted by molar-refractivity contribution is 7.91. The summed E-state index contributed by atoms with van der Waals surface area (Å²) in [6.45, 7) is 0.492. The molecule has 1 heterocycles. The van der Waals surface area contributed by atoms with Crippen molar-refractivity contribution in [2.75, 3.05) is 43.3 Å². The standard InChI is InChI=1S/C9H19NO5S2/c1-15-4-7-16(11,12)6-3-10-9-2-5-17(13,14)8-9/h9-10H,2-8H2,1H3. The van der Waals surface area contributed by atoms with Gasteiger partial charge >= 0.3 is 0 Å². The minimum Gasteiger partial charge on any atom is -0.384 e. The number of methoxy groups -OCH3 is 1. The number of hydrogen-bond acceptors (Lipinski definition) is 6. The van der Waals surface area contributed by atoms with Crippen LogP contribution in [0.4, 0.5) is 0 Å². The molecule has 1 atom stereocenters. The molecule has 0 aromatic heterocycles. The molecule has 0 aromatic rings. The molecule has 0 spiro atoms. The van der Waals surface area contributed by atoms with Crippen LogP contribution in [0.1, 0.15) is 6.42 Å². The van der Waals surface area contributed by atoms with Gasteiger partial charge in [-0.25, -0.2) is 16.8 Å². The van der Waals surface area contributed by atoms with Crippen LogP contribution in [-0.4, -0.2) is 66.2 Å². The Labute approximate surface area is 103 Å². The van der Waals surface area contributed by atoms with Crippen molar-refractivity contribution in [3.8, 4) is 0 Å². The maximum atomic E-state index is 11.5. The SMILES string of the molecule is COCCS(=O)(=O)CCNC1CCS(=O)(=O)C1. The minimum atomic E-state index is -3.10. The van der Waals surface area contributed by atoms with Crippen molar-refractivity contribution in [1.29, 1.82) is 0 Å². The molecule has 8 heteroatoms. The first-order valence-electron chi connectivity index (χ1n) is 5.48. The zero-order valence-corrected chi connectivity index (χ0v) is 11.5. The molecule has 0 radical (unpaired) electrons. The number of sulfone groups is 2. The predicted molar refractivity (Wildman–Crippen MR) is 65.6 cm³/mol. The fourth-order valence-corrected chi connectivity index (χ4v) is 4.45. The molecule has 1 fully saturated rings. The van der Waals surface area contributed by atoms with Crippen LogP contribution in [0.2, 0.25) is 0 Å². The Morgan fingerprint density at radius 1 is 1.35 bits per heavy atom. The molecule has 0 amide bonds. The van der Waals surface area contributed by atoms with Crippen LogP contribution in [0.15, 0.2) is 0 Å². The van der Waals surface area contributed by atoms with E-state index in [4.69, 9.17) is 4.74 Å². The Bertz CT molecular complexity index is 428. The summed E-state index contributed by atoms with van der Waals surface area (Å²) in [5.74, 6) is 0.341. The molecule has 1 saturated heterocycles. The highest BCUT2D eigenvalue weighted by Crippen LogP contribution is 2.10. The Morgan fingerprint density at radius 2 is 2.06 bits per heavy atom. The Kier molecular flexibility index (Phi) is 5.36. The molecule has 1 rings (SSSR count). The maximum Gasteiger partial charge on any atom is 0.153 e. The average molecular weight is 285 g/mol. The summed E-state index contributed by atoms with van der Waals surface area (Å²) in [6.07, 6.45) is 0.570. The second kappa shape index (κ2) is 6.12. The maximum absolute atomic E-state index is 11.5. The van der Waals surface area contributed by atoms with Crippen molar-refractivity contribution >= 4 is 19.7 Å². The molecule has 1 aliphatic heterocycles. The Morgan fingerprint density at radius 3 is 2.59 bits per heavy atom. The summed E-state index contributed by atoms with van der Waals surface area (Å²) in [4.78, 5) is 0. The lowest BCUT2D eigenvalue weighted by Crippen LogP contribution is -2.34. The second-order valence-electron chi connectivity index (χ2n) is 4.20. The van der Waals surface area contributed by atoms with Gasteiger partial charge in [0.25, 0.3) is 0 Å². The lowest BCUT2D eigenvalue weighted by Gasteiger charge is -2.10. The van der Waals surface area contributed by atoms with E-state index in [-0.39, 0.29) is 35.7 Å². The smallest absolute Gasteiger partial charge is 0.153 e. The first-order chi connectivity index (χ1) is 7.85. The highest BCUT2D eigenvalue weighted by Gasteiger charge is 2.27. The summed E-state index contributed by atoms with van der Waals surface area (Å²) in [5, 5.41) is 2.97. The van der Waals surface area contributed by atoms with Crippen LogP contribution < -0.4 is 5.32 Å². The summed E-state index contributed by atoms with van der Waals surface area (Å²) >= 11 is 0. The molecule has 0 aromatic carbocycles. The Hall–Kier alpha value is -0.180. The average Bonchev–Trinajstić information content (AvgIpc) is 2.55. The van der Waals surface area contributed by atoms with Crippen molar-refractivity contribution in [2.24, 2.45) is 0 Å². The van der Waals surface area contributed by atoms with Crippen molar-refractivity contribution in [3.05, 3.63) is 0 Å². The van der Waals surface area contributed by atoms with E-state index in [1.807, 2.05) is 0 Å². The van der Waals surface area contributed by atoms with Gasteiger partial charge in [-0.15, -0.1) is 0 Å². The van der Waals surface area contributed by atoms with Gasteiger partial charge in [0.2, 0.25) is 0 Å². The second-order valence-corrected chi connectivity index (χ2v) is 8.73. The van der Waals surface area contributed by atoms with Gasteiger partial charge in [-0.05, 0) is 6.42 Å². The number of ether oxygens (including phenoxy) is 1. The topological polar surface area (TPSA) is 89.5 Å². The largest absolute Gasteiger partial charge is 0.384 e. The van der Waals surface area contributed by atoms with Gasteiger partial charge in [0, 0.05) is 19.7 Å². The zero-order valence-electron chi connectivity index (χ0n) is 9.88. The van der Waals surface area contributed by atoms with Crippen molar-refractivity contribution in [3.63, 3.8) is 0 Å². The normalized spacial score (nSPS) is 23.9. The van der Waals surface area contributed by atoms with E-state index in [1.54, 1.807) is 0 Å². The summed E-state index contributed by atoms with van der Waals surface area (Å²) in [5.41, 5.74) is 0. The minimum absolute atomic E-state index is 0.00808. The van der Waals surface area contributed by atoms with Gasteiger partial charge in [-0.2, -0.15) is 0 Å². The first kappa shape index (κ1) is 14.9. The van der Waals surface area contributed by atoms with E-state index in [0.29, 0.717) is 13.0 Å². The van der Waals surface area contributed by atoms with Crippen molar-refractivity contribution in [2.45, 2.75) is 12.5 Å². The lowest BCUT2D eigenvalue weighted by molar-refractivity contribution is 0.217. The summed E-state index contributed by atoms with van der Waals surface area (Å²) < 4.78 is 49.9. The quantitative estimate of drug-likeness (QED) is 0.633. The lowest BCUT2D eigenvalue weighted by atomic mass is 10.3. The van der Waals surface area contributed by atoms with Crippen LogP contribution in [0.5, 0.6) is 0 Å². The fourth-order valence-electron chi connectivity index (χ4n) is 1.69. The molecular weight excluding hydrogens is 266 g/mol. The molecule has 1 unspecified atom stereocenters. The monoisotopic (exact) mass is 285 g/mol. The van der Waals surface area contributed by atoms with Crippen LogP contribution in [0, 0.1) is 0 Å². The number of nitrogens with one attached hydrogen (secondary N) is 1. The van der Waals surface area contributed by atoms with E-state index in [2.05, 4.69) is 5.32 Å². The van der Waals surface area contributed by atoms with Crippen LogP contribution in [-0.2, 0) is 24.4 Å². The molecule has 6 nitrogen and oxygen atoms in total. The predicted octanol–water partition coefficient (Wildman–Crippen LogP) is -1.18. The Balaban J connectivity index is 2.24. The molecule has 102 valence electrons.